The van der Waals surface area contributed by atoms with Crippen LogP contribution in [0.25, 0.3) is 10.2 Å². The lowest BCUT2D eigenvalue weighted by atomic mass is 9.93. The molecule has 3 aromatic rings. The molecular formula is C23H27F2N3O2S. The van der Waals surface area contributed by atoms with Crippen molar-refractivity contribution in [3.8, 4) is 0 Å². The van der Waals surface area contributed by atoms with Crippen molar-refractivity contribution in [2.75, 3.05) is 6.61 Å². The van der Waals surface area contributed by atoms with Gasteiger partial charge in [-0.15, -0.1) is 11.3 Å². The second-order valence-corrected chi connectivity index (χ2v) is 9.38. The summed E-state index contributed by atoms with van der Waals surface area (Å²) in [7, 11) is 0. The van der Waals surface area contributed by atoms with Crippen LogP contribution in [-0.2, 0) is 30.7 Å². The maximum atomic E-state index is 13.4. The fraction of sp³-hybridized carbons (Fsp3) is 0.478. The van der Waals surface area contributed by atoms with E-state index >= 15 is 0 Å². The Morgan fingerprint density at radius 2 is 2.06 bits per heavy atom. The Labute approximate surface area is 184 Å². The minimum Gasteiger partial charge on any atom is -0.379 e. The van der Waals surface area contributed by atoms with Crippen LogP contribution in [-0.4, -0.2) is 28.3 Å². The van der Waals surface area contributed by atoms with Crippen molar-refractivity contribution in [2.45, 2.75) is 64.8 Å². The zero-order chi connectivity index (χ0) is 22.0. The molecule has 2 heterocycles. The number of hydrogen-bond acceptors (Lipinski definition) is 5. The lowest BCUT2D eigenvalue weighted by molar-refractivity contribution is 0.0747. The summed E-state index contributed by atoms with van der Waals surface area (Å²) in [4.78, 5) is 19.5. The van der Waals surface area contributed by atoms with Gasteiger partial charge in [0.1, 0.15) is 16.5 Å². The highest BCUT2D eigenvalue weighted by atomic mass is 32.1. The molecule has 0 radical (unpaired) electrons. The Morgan fingerprint density at radius 3 is 2.81 bits per heavy atom. The van der Waals surface area contributed by atoms with Gasteiger partial charge in [0.25, 0.3) is 5.56 Å². The third kappa shape index (κ3) is 5.19. The summed E-state index contributed by atoms with van der Waals surface area (Å²) in [5.41, 5.74) is 1.72. The molecule has 0 fully saturated rings. The maximum absolute atomic E-state index is 13.4. The second-order valence-electron chi connectivity index (χ2n) is 8.30. The average molecular weight is 448 g/mol. The summed E-state index contributed by atoms with van der Waals surface area (Å²) in [6, 6.07) is 3.78. The van der Waals surface area contributed by atoms with E-state index in [0.717, 1.165) is 47.5 Å². The second kappa shape index (κ2) is 9.54. The molecule has 31 heavy (non-hydrogen) atoms. The minimum absolute atomic E-state index is 0.0219. The van der Waals surface area contributed by atoms with Crippen LogP contribution < -0.4 is 10.9 Å². The van der Waals surface area contributed by atoms with E-state index in [1.54, 1.807) is 22.2 Å². The molecular weight excluding hydrogens is 420 g/mol. The van der Waals surface area contributed by atoms with Crippen molar-refractivity contribution in [3.63, 3.8) is 0 Å². The largest absolute Gasteiger partial charge is 0.379 e. The molecule has 2 aromatic heterocycles. The lowest BCUT2D eigenvalue weighted by Gasteiger charge is -2.23. The topological polar surface area (TPSA) is 56.2 Å². The zero-order valence-corrected chi connectivity index (χ0v) is 18.6. The fourth-order valence-electron chi connectivity index (χ4n) is 4.06. The predicted octanol–water partition coefficient (Wildman–Crippen LogP) is 4.20. The standard InChI is InChI=1S/C23H27F2N3O2S/c1-14(2)30-7-3-6-28-13-27-22-21(23(28)29)19-5-4-18(11-20(19)31-22)26-12-15-8-16(24)10-17(25)9-15/h8-10,13-14,18,26H,3-7,11-12H2,1-2H3/t18-/m0/s1. The van der Waals surface area contributed by atoms with Gasteiger partial charge in [0.2, 0.25) is 0 Å². The third-order valence-electron chi connectivity index (χ3n) is 5.55. The van der Waals surface area contributed by atoms with E-state index in [1.165, 1.54) is 17.0 Å². The van der Waals surface area contributed by atoms with Crippen molar-refractivity contribution in [1.29, 1.82) is 0 Å². The zero-order valence-electron chi connectivity index (χ0n) is 17.8. The van der Waals surface area contributed by atoms with Gasteiger partial charge < -0.3 is 10.1 Å². The van der Waals surface area contributed by atoms with E-state index in [1.807, 2.05) is 13.8 Å². The van der Waals surface area contributed by atoms with Crippen LogP contribution in [0.3, 0.4) is 0 Å². The van der Waals surface area contributed by atoms with Crippen molar-refractivity contribution in [3.05, 3.63) is 62.5 Å². The summed E-state index contributed by atoms with van der Waals surface area (Å²) >= 11 is 1.58. The molecule has 8 heteroatoms. The molecule has 1 aromatic carbocycles. The SMILES string of the molecule is CC(C)OCCCn1cnc2sc3c(c2c1=O)CC[C@H](NCc1cc(F)cc(F)c1)C3. The van der Waals surface area contributed by atoms with Crippen molar-refractivity contribution >= 4 is 21.6 Å². The molecule has 0 saturated heterocycles. The molecule has 0 spiro atoms. The van der Waals surface area contributed by atoms with Crippen LogP contribution in [0.4, 0.5) is 8.78 Å². The summed E-state index contributed by atoms with van der Waals surface area (Å²) in [6.07, 6.45) is 5.04. The van der Waals surface area contributed by atoms with E-state index in [9.17, 15) is 13.6 Å². The number of rotatable bonds is 8. The Kier molecular flexibility index (Phi) is 6.79. The smallest absolute Gasteiger partial charge is 0.262 e. The Morgan fingerprint density at radius 1 is 1.29 bits per heavy atom. The molecule has 0 unspecified atom stereocenters. The first-order valence-electron chi connectivity index (χ1n) is 10.7. The summed E-state index contributed by atoms with van der Waals surface area (Å²) in [5.74, 6) is -1.13. The highest BCUT2D eigenvalue weighted by molar-refractivity contribution is 7.18. The number of aryl methyl sites for hydroxylation is 2. The summed E-state index contributed by atoms with van der Waals surface area (Å²) in [6.45, 7) is 5.61. The maximum Gasteiger partial charge on any atom is 0.262 e. The third-order valence-corrected chi connectivity index (χ3v) is 6.71. The monoisotopic (exact) mass is 447 g/mol. The average Bonchev–Trinajstić information content (AvgIpc) is 3.08. The van der Waals surface area contributed by atoms with Crippen LogP contribution in [0.2, 0.25) is 0 Å². The molecule has 0 bridgehead atoms. The van der Waals surface area contributed by atoms with Gasteiger partial charge in [-0.25, -0.2) is 13.8 Å². The van der Waals surface area contributed by atoms with Crippen LogP contribution in [0.15, 0.2) is 29.3 Å². The van der Waals surface area contributed by atoms with Crippen LogP contribution in [0.5, 0.6) is 0 Å². The number of thiophene rings is 1. The predicted molar refractivity (Wildman–Crippen MR) is 119 cm³/mol. The fourth-order valence-corrected chi connectivity index (χ4v) is 5.32. The highest BCUT2D eigenvalue weighted by Gasteiger charge is 2.25. The van der Waals surface area contributed by atoms with E-state index < -0.39 is 11.6 Å². The Balaban J connectivity index is 1.45. The number of fused-ring (bicyclic) bond motifs is 3. The number of benzene rings is 1. The normalized spacial score (nSPS) is 16.2. The molecule has 4 rings (SSSR count). The van der Waals surface area contributed by atoms with Gasteiger partial charge in [-0.1, -0.05) is 0 Å². The molecule has 0 amide bonds. The summed E-state index contributed by atoms with van der Waals surface area (Å²) < 4.78 is 34.0. The van der Waals surface area contributed by atoms with E-state index in [2.05, 4.69) is 10.3 Å². The molecule has 1 atom stereocenters. The van der Waals surface area contributed by atoms with Crippen molar-refractivity contribution in [2.24, 2.45) is 0 Å². The minimum atomic E-state index is -0.564. The van der Waals surface area contributed by atoms with E-state index in [4.69, 9.17) is 4.74 Å². The van der Waals surface area contributed by atoms with Gasteiger partial charge in [0.15, 0.2) is 0 Å². The first-order valence-corrected chi connectivity index (χ1v) is 11.5. The first-order chi connectivity index (χ1) is 14.9. The molecule has 0 aliphatic heterocycles. The van der Waals surface area contributed by atoms with Gasteiger partial charge >= 0.3 is 0 Å². The molecule has 1 aliphatic carbocycles. The number of aromatic nitrogens is 2. The van der Waals surface area contributed by atoms with E-state index in [0.29, 0.717) is 25.3 Å². The van der Waals surface area contributed by atoms with Gasteiger partial charge in [-0.05, 0) is 62.8 Å². The quantitative estimate of drug-likeness (QED) is 0.526. The lowest BCUT2D eigenvalue weighted by Crippen LogP contribution is -2.34. The van der Waals surface area contributed by atoms with Gasteiger partial charge in [-0.3, -0.25) is 9.36 Å². The molecule has 0 saturated carbocycles. The van der Waals surface area contributed by atoms with Crippen molar-refractivity contribution in [1.82, 2.24) is 14.9 Å². The van der Waals surface area contributed by atoms with Gasteiger partial charge in [0.05, 0.1) is 17.8 Å². The number of halogens is 2. The molecule has 5 nitrogen and oxygen atoms in total. The Hall–Kier alpha value is -2.16. The van der Waals surface area contributed by atoms with Gasteiger partial charge in [0, 0.05) is 36.7 Å². The Bertz CT molecular complexity index is 1110. The molecule has 1 N–H and O–H groups in total. The van der Waals surface area contributed by atoms with Crippen LogP contribution in [0.1, 0.15) is 42.7 Å². The van der Waals surface area contributed by atoms with Gasteiger partial charge in [-0.2, -0.15) is 0 Å². The number of nitrogens with one attached hydrogen (secondary N) is 1. The first kappa shape index (κ1) is 22.0. The molecule has 1 aliphatic rings. The van der Waals surface area contributed by atoms with Crippen LogP contribution >= 0.6 is 11.3 Å². The number of nitrogens with zero attached hydrogens (tertiary/aromatic N) is 2. The summed E-state index contributed by atoms with van der Waals surface area (Å²) in [5, 5.41) is 4.15. The van der Waals surface area contributed by atoms with Crippen molar-refractivity contribution < 1.29 is 13.5 Å². The highest BCUT2D eigenvalue weighted by Crippen LogP contribution is 2.33. The number of hydrogen-bond donors (Lipinski definition) is 1. The number of ether oxygens (including phenoxy) is 1. The van der Waals surface area contributed by atoms with Crippen LogP contribution in [0, 0.1) is 11.6 Å². The molecule has 166 valence electrons. The van der Waals surface area contributed by atoms with E-state index in [-0.39, 0.29) is 17.7 Å².